The van der Waals surface area contributed by atoms with Crippen LogP contribution in [-0.2, 0) is 10.0 Å². The van der Waals surface area contributed by atoms with E-state index in [0.29, 0.717) is 0 Å². The second-order valence-corrected chi connectivity index (χ2v) is 5.59. The molecule has 2 N–H and O–H groups in total. The van der Waals surface area contributed by atoms with E-state index in [1.165, 1.54) is 26.4 Å². The summed E-state index contributed by atoms with van der Waals surface area (Å²) in [5.41, 5.74) is 0. The van der Waals surface area contributed by atoms with E-state index in [0.717, 1.165) is 6.07 Å². The first-order chi connectivity index (χ1) is 9.25. The molecule has 0 saturated carbocycles. The Bertz CT molecular complexity index is 562. The van der Waals surface area contributed by atoms with Crippen LogP contribution in [0.2, 0.25) is 0 Å². The van der Waals surface area contributed by atoms with E-state index in [4.69, 9.17) is 14.6 Å². The molecular formula is C11H15F2NO5S. The minimum atomic E-state index is -4.23. The third-order valence-corrected chi connectivity index (χ3v) is 3.83. The van der Waals surface area contributed by atoms with Crippen LogP contribution in [0, 0.1) is 0 Å². The lowest BCUT2D eigenvalue weighted by molar-refractivity contribution is -0.0437. The molecule has 0 radical (unpaired) electrons. The molecule has 6 nitrogen and oxygen atoms in total. The van der Waals surface area contributed by atoms with E-state index in [1.807, 2.05) is 0 Å². The zero-order valence-electron chi connectivity index (χ0n) is 10.9. The Morgan fingerprint density at radius 3 is 2.45 bits per heavy atom. The van der Waals surface area contributed by atoms with Crippen LogP contribution >= 0.6 is 0 Å². The molecule has 0 aliphatic carbocycles. The van der Waals surface area contributed by atoms with Crippen LogP contribution in [0.1, 0.15) is 0 Å². The summed E-state index contributed by atoms with van der Waals surface area (Å²) >= 11 is 0. The number of halogens is 2. The molecule has 0 spiro atoms. The Morgan fingerprint density at radius 1 is 1.30 bits per heavy atom. The molecule has 1 rings (SSSR count). The molecular weight excluding hydrogens is 296 g/mol. The molecule has 20 heavy (non-hydrogen) atoms. The first-order valence-electron chi connectivity index (χ1n) is 5.46. The van der Waals surface area contributed by atoms with E-state index >= 15 is 0 Å². The van der Waals surface area contributed by atoms with Gasteiger partial charge in [-0.3, -0.25) is 0 Å². The van der Waals surface area contributed by atoms with Gasteiger partial charge in [0.1, 0.15) is 23.0 Å². The molecule has 0 aliphatic heterocycles. The van der Waals surface area contributed by atoms with Gasteiger partial charge in [-0.1, -0.05) is 0 Å². The van der Waals surface area contributed by atoms with Crippen LogP contribution in [0.5, 0.6) is 11.5 Å². The van der Waals surface area contributed by atoms with Crippen molar-refractivity contribution in [3.8, 4) is 11.5 Å². The summed E-state index contributed by atoms with van der Waals surface area (Å²) in [4.78, 5) is -0.326. The lowest BCUT2D eigenvalue weighted by atomic mass is 10.3. The number of hydrogen-bond donors (Lipinski definition) is 2. The number of nitrogens with one attached hydrogen (secondary N) is 1. The Balaban J connectivity index is 3.08. The molecule has 1 aromatic rings. The Hall–Kier alpha value is -1.45. The van der Waals surface area contributed by atoms with Gasteiger partial charge in [-0.25, -0.2) is 21.9 Å². The highest BCUT2D eigenvalue weighted by Gasteiger charge is 2.31. The van der Waals surface area contributed by atoms with Crippen LogP contribution in [0.4, 0.5) is 8.78 Å². The minimum Gasteiger partial charge on any atom is -0.497 e. The van der Waals surface area contributed by atoms with Crippen molar-refractivity contribution in [1.29, 1.82) is 0 Å². The van der Waals surface area contributed by atoms with Crippen LogP contribution in [0.3, 0.4) is 0 Å². The van der Waals surface area contributed by atoms with E-state index in [9.17, 15) is 17.2 Å². The Labute approximate surface area is 115 Å². The van der Waals surface area contributed by atoms with Crippen molar-refractivity contribution in [2.24, 2.45) is 0 Å². The summed E-state index contributed by atoms with van der Waals surface area (Å²) in [7, 11) is -1.63. The maximum absolute atomic E-state index is 12.9. The maximum atomic E-state index is 12.9. The van der Waals surface area contributed by atoms with Crippen molar-refractivity contribution in [2.45, 2.75) is 10.8 Å². The third-order valence-electron chi connectivity index (χ3n) is 2.41. The summed E-state index contributed by atoms with van der Waals surface area (Å²) in [6.45, 7) is -2.67. The number of aliphatic hydroxyl groups is 1. The minimum absolute atomic E-state index is 0.00869. The van der Waals surface area contributed by atoms with Crippen molar-refractivity contribution in [3.63, 3.8) is 0 Å². The van der Waals surface area contributed by atoms with Gasteiger partial charge in [-0.15, -0.1) is 0 Å². The van der Waals surface area contributed by atoms with E-state index in [2.05, 4.69) is 0 Å². The monoisotopic (exact) mass is 311 g/mol. The van der Waals surface area contributed by atoms with Gasteiger partial charge in [0.05, 0.1) is 20.8 Å². The van der Waals surface area contributed by atoms with E-state index < -0.39 is 29.1 Å². The normalized spacial score (nSPS) is 12.2. The fourth-order valence-electron chi connectivity index (χ4n) is 1.33. The summed E-state index contributed by atoms with van der Waals surface area (Å²) in [6, 6.07) is 3.97. The summed E-state index contributed by atoms with van der Waals surface area (Å²) < 4.78 is 61.2. The average molecular weight is 311 g/mol. The van der Waals surface area contributed by atoms with Crippen molar-refractivity contribution in [2.75, 3.05) is 27.4 Å². The summed E-state index contributed by atoms with van der Waals surface area (Å²) in [5.74, 6) is -3.31. The molecule has 0 atom stereocenters. The predicted molar refractivity (Wildman–Crippen MR) is 66.8 cm³/mol. The van der Waals surface area contributed by atoms with Gasteiger partial charge < -0.3 is 14.6 Å². The molecule has 0 aliphatic rings. The van der Waals surface area contributed by atoms with Gasteiger partial charge in [0.25, 0.3) is 5.92 Å². The highest BCUT2D eigenvalue weighted by Crippen LogP contribution is 2.28. The SMILES string of the molecule is COc1ccc(OC)c(S(=O)(=O)NCC(F)(F)CO)c1. The van der Waals surface area contributed by atoms with Gasteiger partial charge in [-0.05, 0) is 12.1 Å². The molecule has 114 valence electrons. The van der Waals surface area contributed by atoms with Crippen LogP contribution in [-0.4, -0.2) is 46.8 Å². The second-order valence-electron chi connectivity index (χ2n) is 3.86. The number of aliphatic hydroxyl groups excluding tert-OH is 1. The molecule has 0 fully saturated rings. The molecule has 9 heteroatoms. The Morgan fingerprint density at radius 2 is 1.95 bits per heavy atom. The number of rotatable bonds is 7. The Kier molecular flexibility index (Phi) is 5.26. The fourth-order valence-corrected chi connectivity index (χ4v) is 2.57. The molecule has 0 bridgehead atoms. The average Bonchev–Trinajstić information content (AvgIpc) is 2.44. The summed E-state index contributed by atoms with van der Waals surface area (Å²) in [5, 5.41) is 8.41. The number of alkyl halides is 2. The van der Waals surface area contributed by atoms with E-state index in [-0.39, 0.29) is 16.4 Å². The number of hydrogen-bond acceptors (Lipinski definition) is 5. The van der Waals surface area contributed by atoms with E-state index in [1.54, 1.807) is 4.72 Å². The van der Waals surface area contributed by atoms with Crippen molar-refractivity contribution in [3.05, 3.63) is 18.2 Å². The van der Waals surface area contributed by atoms with Crippen molar-refractivity contribution < 1.29 is 31.8 Å². The highest BCUT2D eigenvalue weighted by molar-refractivity contribution is 7.89. The van der Waals surface area contributed by atoms with Gasteiger partial charge in [-0.2, -0.15) is 0 Å². The lowest BCUT2D eigenvalue weighted by Gasteiger charge is -2.16. The van der Waals surface area contributed by atoms with Crippen molar-refractivity contribution >= 4 is 10.0 Å². The molecule has 0 heterocycles. The topological polar surface area (TPSA) is 84.9 Å². The van der Waals surface area contributed by atoms with Gasteiger partial charge in [0, 0.05) is 6.07 Å². The van der Waals surface area contributed by atoms with Crippen molar-refractivity contribution in [1.82, 2.24) is 4.72 Å². The molecule has 0 unspecified atom stereocenters. The first kappa shape index (κ1) is 16.6. The zero-order valence-corrected chi connectivity index (χ0v) is 11.7. The summed E-state index contributed by atoms with van der Waals surface area (Å²) in [6.07, 6.45) is 0. The predicted octanol–water partition coefficient (Wildman–Crippen LogP) is 0.610. The maximum Gasteiger partial charge on any atom is 0.283 e. The number of sulfonamides is 1. The molecule has 0 amide bonds. The molecule has 0 saturated heterocycles. The standard InChI is InChI=1S/C11H15F2NO5S/c1-18-8-3-4-9(19-2)10(5-8)20(16,17)14-6-11(12,13)7-15/h3-5,14-15H,6-7H2,1-2H3. The number of benzene rings is 1. The number of ether oxygens (including phenoxy) is 2. The molecule has 1 aromatic carbocycles. The second kappa shape index (κ2) is 6.33. The van der Waals surface area contributed by atoms with Crippen LogP contribution in [0.15, 0.2) is 23.1 Å². The number of methoxy groups -OCH3 is 2. The quantitative estimate of drug-likeness (QED) is 0.771. The van der Waals surface area contributed by atoms with Gasteiger partial charge in [0.15, 0.2) is 0 Å². The smallest absolute Gasteiger partial charge is 0.283 e. The van der Waals surface area contributed by atoms with Crippen LogP contribution < -0.4 is 14.2 Å². The third kappa shape index (κ3) is 4.02. The zero-order chi connectivity index (χ0) is 15.4. The van der Waals surface area contributed by atoms with Gasteiger partial charge in [0.2, 0.25) is 10.0 Å². The molecule has 0 aromatic heterocycles. The highest BCUT2D eigenvalue weighted by atomic mass is 32.2. The lowest BCUT2D eigenvalue weighted by Crippen LogP contribution is -2.39. The largest absolute Gasteiger partial charge is 0.497 e. The first-order valence-corrected chi connectivity index (χ1v) is 6.94. The van der Waals surface area contributed by atoms with Gasteiger partial charge >= 0.3 is 0 Å². The van der Waals surface area contributed by atoms with Crippen LogP contribution in [0.25, 0.3) is 0 Å². The fraction of sp³-hybridized carbons (Fsp3) is 0.455.